The SMILES string of the molecule is COc1ccc(F)cc1C(=O)[C@H]1CCCN(C(=O)C2(CO)CC2)C1. The van der Waals surface area contributed by atoms with Crippen LogP contribution in [0, 0.1) is 17.2 Å². The lowest BCUT2D eigenvalue weighted by Gasteiger charge is -2.34. The quantitative estimate of drug-likeness (QED) is 0.836. The molecule has 1 amide bonds. The number of amides is 1. The minimum atomic E-state index is -0.624. The smallest absolute Gasteiger partial charge is 0.231 e. The van der Waals surface area contributed by atoms with Crippen LogP contribution < -0.4 is 4.74 Å². The van der Waals surface area contributed by atoms with Crippen molar-refractivity contribution in [3.8, 4) is 5.75 Å². The van der Waals surface area contributed by atoms with Gasteiger partial charge in [0.15, 0.2) is 5.78 Å². The molecule has 3 rings (SSSR count). The predicted octanol–water partition coefficient (Wildman–Crippen LogP) is 2.03. The first-order valence-electron chi connectivity index (χ1n) is 8.29. The Morgan fingerprint density at radius 2 is 2.17 bits per heavy atom. The summed E-state index contributed by atoms with van der Waals surface area (Å²) in [5.74, 6) is -0.765. The van der Waals surface area contributed by atoms with E-state index in [9.17, 15) is 19.1 Å². The summed E-state index contributed by atoms with van der Waals surface area (Å²) in [6, 6.07) is 3.89. The van der Waals surface area contributed by atoms with Crippen molar-refractivity contribution in [2.24, 2.45) is 11.3 Å². The first-order chi connectivity index (χ1) is 11.5. The highest BCUT2D eigenvalue weighted by atomic mass is 19.1. The molecular formula is C18H22FNO4. The number of aliphatic hydroxyl groups is 1. The summed E-state index contributed by atoms with van der Waals surface area (Å²) in [6.07, 6.45) is 2.79. The summed E-state index contributed by atoms with van der Waals surface area (Å²) in [5, 5.41) is 9.44. The zero-order chi connectivity index (χ0) is 17.3. The van der Waals surface area contributed by atoms with Gasteiger partial charge in [0.05, 0.1) is 24.7 Å². The summed E-state index contributed by atoms with van der Waals surface area (Å²) >= 11 is 0. The number of hydrogen-bond donors (Lipinski definition) is 1. The van der Waals surface area contributed by atoms with E-state index in [2.05, 4.69) is 0 Å². The number of piperidine rings is 1. The van der Waals surface area contributed by atoms with Crippen molar-refractivity contribution in [2.75, 3.05) is 26.8 Å². The maximum absolute atomic E-state index is 13.5. The van der Waals surface area contributed by atoms with Gasteiger partial charge in [-0.2, -0.15) is 0 Å². The zero-order valence-electron chi connectivity index (χ0n) is 13.8. The van der Waals surface area contributed by atoms with Gasteiger partial charge in [0.1, 0.15) is 11.6 Å². The van der Waals surface area contributed by atoms with E-state index in [-0.39, 0.29) is 29.8 Å². The van der Waals surface area contributed by atoms with Gasteiger partial charge in [-0.25, -0.2) is 4.39 Å². The Morgan fingerprint density at radius 1 is 1.42 bits per heavy atom. The number of carbonyl (C=O) groups excluding carboxylic acids is 2. The van der Waals surface area contributed by atoms with Gasteiger partial charge < -0.3 is 14.7 Å². The van der Waals surface area contributed by atoms with Gasteiger partial charge in [0, 0.05) is 19.0 Å². The molecule has 1 aliphatic heterocycles. The highest BCUT2D eigenvalue weighted by molar-refractivity contribution is 6.01. The minimum absolute atomic E-state index is 0.0614. The molecule has 1 atom stereocenters. The number of aliphatic hydroxyl groups excluding tert-OH is 1. The molecule has 1 saturated heterocycles. The summed E-state index contributed by atoms with van der Waals surface area (Å²) in [5.41, 5.74) is -0.401. The molecule has 0 aromatic heterocycles. The number of benzene rings is 1. The van der Waals surface area contributed by atoms with Crippen LogP contribution in [0.3, 0.4) is 0 Å². The number of ketones is 1. The molecule has 0 radical (unpaired) electrons. The van der Waals surface area contributed by atoms with Gasteiger partial charge in [-0.1, -0.05) is 0 Å². The molecule has 0 bridgehead atoms. The Morgan fingerprint density at radius 3 is 2.79 bits per heavy atom. The van der Waals surface area contributed by atoms with Gasteiger partial charge in [-0.15, -0.1) is 0 Å². The predicted molar refractivity (Wildman–Crippen MR) is 85.3 cm³/mol. The first-order valence-corrected chi connectivity index (χ1v) is 8.29. The molecule has 1 aliphatic carbocycles. The van der Waals surface area contributed by atoms with Crippen LogP contribution in [0.5, 0.6) is 5.75 Å². The number of rotatable bonds is 5. The van der Waals surface area contributed by atoms with E-state index in [0.717, 1.165) is 6.42 Å². The second kappa shape index (κ2) is 6.51. The largest absolute Gasteiger partial charge is 0.496 e. The van der Waals surface area contributed by atoms with Crippen LogP contribution in [0.15, 0.2) is 18.2 Å². The molecule has 1 saturated carbocycles. The lowest BCUT2D eigenvalue weighted by Crippen LogP contribution is -2.46. The Bertz CT molecular complexity index is 656. The van der Waals surface area contributed by atoms with Crippen molar-refractivity contribution in [3.05, 3.63) is 29.6 Å². The lowest BCUT2D eigenvalue weighted by atomic mass is 9.88. The standard InChI is InChI=1S/C18H22FNO4/c1-24-15-5-4-13(19)9-14(15)16(22)12-3-2-8-20(10-12)17(23)18(11-21)6-7-18/h4-5,9,12,21H,2-3,6-8,10-11H2,1H3/t12-/m0/s1. The fraction of sp³-hybridized carbons (Fsp3) is 0.556. The number of carbonyl (C=O) groups is 2. The maximum Gasteiger partial charge on any atom is 0.231 e. The average molecular weight is 335 g/mol. The van der Waals surface area contributed by atoms with Crippen LogP contribution in [-0.4, -0.2) is 48.5 Å². The third-order valence-electron chi connectivity index (χ3n) is 5.12. The van der Waals surface area contributed by atoms with Crippen molar-refractivity contribution >= 4 is 11.7 Å². The van der Waals surface area contributed by atoms with E-state index in [1.165, 1.54) is 25.3 Å². The molecule has 5 nitrogen and oxygen atoms in total. The number of halogens is 1. The molecule has 0 unspecified atom stereocenters. The molecule has 6 heteroatoms. The van der Waals surface area contributed by atoms with Crippen LogP contribution in [0.2, 0.25) is 0 Å². The molecule has 0 spiro atoms. The highest BCUT2D eigenvalue weighted by Gasteiger charge is 2.51. The fourth-order valence-electron chi connectivity index (χ4n) is 3.39. The summed E-state index contributed by atoms with van der Waals surface area (Å²) in [4.78, 5) is 27.0. The molecule has 130 valence electrons. The number of hydrogen-bond acceptors (Lipinski definition) is 4. The molecule has 24 heavy (non-hydrogen) atoms. The first kappa shape index (κ1) is 16.9. The molecule has 1 N–H and O–H groups in total. The van der Waals surface area contributed by atoms with Gasteiger partial charge >= 0.3 is 0 Å². The monoisotopic (exact) mass is 335 g/mol. The van der Waals surface area contributed by atoms with Crippen LogP contribution in [0.1, 0.15) is 36.0 Å². The second-order valence-corrected chi connectivity index (χ2v) is 6.74. The Labute approximate surface area is 140 Å². The summed E-state index contributed by atoms with van der Waals surface area (Å²) in [7, 11) is 1.44. The topological polar surface area (TPSA) is 66.8 Å². The maximum atomic E-state index is 13.5. The van der Waals surface area contributed by atoms with E-state index >= 15 is 0 Å². The number of likely N-dealkylation sites (tertiary alicyclic amines) is 1. The molecule has 1 heterocycles. The average Bonchev–Trinajstić information content (AvgIpc) is 3.41. The molecule has 2 fully saturated rings. The van der Waals surface area contributed by atoms with Crippen LogP contribution in [0.25, 0.3) is 0 Å². The molecule has 1 aromatic carbocycles. The van der Waals surface area contributed by atoms with Gasteiger partial charge in [-0.05, 0) is 43.9 Å². The molecule has 1 aromatic rings. The van der Waals surface area contributed by atoms with Gasteiger partial charge in [0.25, 0.3) is 0 Å². The minimum Gasteiger partial charge on any atom is -0.496 e. The second-order valence-electron chi connectivity index (χ2n) is 6.74. The zero-order valence-corrected chi connectivity index (χ0v) is 13.8. The third-order valence-corrected chi connectivity index (χ3v) is 5.12. The fourth-order valence-corrected chi connectivity index (χ4v) is 3.39. The van der Waals surface area contributed by atoms with E-state index in [1.807, 2.05) is 0 Å². The van der Waals surface area contributed by atoms with Crippen LogP contribution in [0.4, 0.5) is 4.39 Å². The van der Waals surface area contributed by atoms with E-state index in [0.29, 0.717) is 38.1 Å². The Hall–Kier alpha value is -1.95. The van der Waals surface area contributed by atoms with E-state index < -0.39 is 11.2 Å². The summed E-state index contributed by atoms with van der Waals surface area (Å²) < 4.78 is 18.7. The van der Waals surface area contributed by atoms with Crippen LogP contribution >= 0.6 is 0 Å². The van der Waals surface area contributed by atoms with Crippen molar-refractivity contribution in [2.45, 2.75) is 25.7 Å². The van der Waals surface area contributed by atoms with Crippen molar-refractivity contribution in [1.82, 2.24) is 4.90 Å². The van der Waals surface area contributed by atoms with E-state index in [1.54, 1.807) is 4.90 Å². The van der Waals surface area contributed by atoms with Crippen molar-refractivity contribution < 1.29 is 23.8 Å². The van der Waals surface area contributed by atoms with Gasteiger partial charge in [-0.3, -0.25) is 9.59 Å². The van der Waals surface area contributed by atoms with Crippen molar-refractivity contribution in [3.63, 3.8) is 0 Å². The number of methoxy groups -OCH3 is 1. The summed E-state index contributed by atoms with van der Waals surface area (Å²) in [6.45, 7) is 0.780. The Kier molecular flexibility index (Phi) is 4.58. The molecule has 2 aliphatic rings. The number of Topliss-reactive ketones (excluding diaryl/α,β-unsaturated/α-hetero) is 1. The van der Waals surface area contributed by atoms with E-state index in [4.69, 9.17) is 4.74 Å². The highest BCUT2D eigenvalue weighted by Crippen LogP contribution is 2.47. The van der Waals surface area contributed by atoms with Crippen LogP contribution in [-0.2, 0) is 4.79 Å². The van der Waals surface area contributed by atoms with Gasteiger partial charge in [0.2, 0.25) is 5.91 Å². The Balaban J connectivity index is 1.76. The number of nitrogens with zero attached hydrogens (tertiary/aromatic N) is 1. The lowest BCUT2D eigenvalue weighted by molar-refractivity contribution is -0.140. The third kappa shape index (κ3) is 3.02. The normalized spacial score (nSPS) is 22.1. The van der Waals surface area contributed by atoms with Crippen molar-refractivity contribution in [1.29, 1.82) is 0 Å². The number of ether oxygens (including phenoxy) is 1. The molecular weight excluding hydrogens is 313 g/mol.